The van der Waals surface area contributed by atoms with Crippen LogP contribution in [0, 0.1) is 0 Å². The van der Waals surface area contributed by atoms with Gasteiger partial charge in [-0.1, -0.05) is 30.3 Å². The first-order chi connectivity index (χ1) is 14.0. The first kappa shape index (κ1) is 21.1. The van der Waals surface area contributed by atoms with Crippen molar-refractivity contribution in [3.8, 4) is 0 Å². The molecular weight excluding hydrogens is 394 g/mol. The number of hydrogen-bond donors (Lipinski definition) is 2. The molecule has 1 aliphatic rings. The standard InChI is InChI=1S/C20H23N3O5S/c1-2-27-18(25)8-14-12-29-20(22-14)23-19(26)15-9-16(24)17(10-21-15)28-11-13-6-4-3-5-7-13/h3-7,12,15,17,21H,2,8-11H2,1H3,(H,22,23,26). The van der Waals surface area contributed by atoms with Crippen molar-refractivity contribution in [2.24, 2.45) is 0 Å². The van der Waals surface area contributed by atoms with E-state index in [4.69, 9.17) is 9.47 Å². The maximum atomic E-state index is 12.4. The number of carbonyl (C=O) groups excluding carboxylic acids is 3. The molecule has 3 rings (SSSR count). The molecule has 29 heavy (non-hydrogen) atoms. The number of benzene rings is 1. The van der Waals surface area contributed by atoms with Crippen LogP contribution in [-0.4, -0.2) is 47.9 Å². The molecule has 1 aliphatic heterocycles. The van der Waals surface area contributed by atoms with Gasteiger partial charge in [-0.05, 0) is 12.5 Å². The van der Waals surface area contributed by atoms with E-state index in [-0.39, 0.29) is 37.0 Å². The van der Waals surface area contributed by atoms with Crippen LogP contribution in [0.25, 0.3) is 0 Å². The highest BCUT2D eigenvalue weighted by Crippen LogP contribution is 2.18. The van der Waals surface area contributed by atoms with Gasteiger partial charge in [-0.2, -0.15) is 0 Å². The average molecular weight is 417 g/mol. The summed E-state index contributed by atoms with van der Waals surface area (Å²) in [7, 11) is 0. The third-order valence-electron chi connectivity index (χ3n) is 4.34. The number of ether oxygens (including phenoxy) is 2. The van der Waals surface area contributed by atoms with Crippen LogP contribution in [0.1, 0.15) is 24.6 Å². The molecular formula is C20H23N3O5S. The third kappa shape index (κ3) is 6.18. The highest BCUT2D eigenvalue weighted by Gasteiger charge is 2.33. The van der Waals surface area contributed by atoms with E-state index in [9.17, 15) is 14.4 Å². The van der Waals surface area contributed by atoms with Crippen molar-refractivity contribution in [3.05, 3.63) is 47.0 Å². The molecule has 0 aliphatic carbocycles. The molecule has 0 radical (unpaired) electrons. The lowest BCUT2D eigenvalue weighted by Gasteiger charge is -2.27. The van der Waals surface area contributed by atoms with Gasteiger partial charge < -0.3 is 20.1 Å². The van der Waals surface area contributed by atoms with Crippen LogP contribution in [0.2, 0.25) is 0 Å². The van der Waals surface area contributed by atoms with E-state index in [0.717, 1.165) is 5.56 Å². The van der Waals surface area contributed by atoms with Crippen LogP contribution in [0.4, 0.5) is 5.13 Å². The Morgan fingerprint density at radius 1 is 1.31 bits per heavy atom. The number of rotatable bonds is 8. The lowest BCUT2D eigenvalue weighted by molar-refractivity contribution is -0.142. The Balaban J connectivity index is 1.46. The monoisotopic (exact) mass is 417 g/mol. The minimum atomic E-state index is -0.642. The Morgan fingerprint density at radius 2 is 2.10 bits per heavy atom. The number of anilines is 1. The zero-order valence-corrected chi connectivity index (χ0v) is 16.9. The Hall–Kier alpha value is -2.62. The Morgan fingerprint density at radius 3 is 2.83 bits per heavy atom. The maximum Gasteiger partial charge on any atom is 0.311 e. The van der Waals surface area contributed by atoms with Crippen molar-refractivity contribution < 1.29 is 23.9 Å². The van der Waals surface area contributed by atoms with E-state index in [2.05, 4.69) is 15.6 Å². The van der Waals surface area contributed by atoms with Gasteiger partial charge in [0.15, 0.2) is 10.9 Å². The predicted octanol–water partition coefficient (Wildman–Crippen LogP) is 1.70. The van der Waals surface area contributed by atoms with E-state index in [1.165, 1.54) is 11.3 Å². The largest absolute Gasteiger partial charge is 0.466 e. The van der Waals surface area contributed by atoms with Gasteiger partial charge in [0.05, 0.1) is 31.4 Å². The number of ketones is 1. The fraction of sp³-hybridized carbons (Fsp3) is 0.400. The summed E-state index contributed by atoms with van der Waals surface area (Å²) in [4.78, 5) is 40.5. The Labute approximate surface area is 172 Å². The van der Waals surface area contributed by atoms with E-state index < -0.39 is 12.1 Å². The van der Waals surface area contributed by atoms with Gasteiger partial charge >= 0.3 is 5.97 Å². The molecule has 2 atom stereocenters. The van der Waals surface area contributed by atoms with Crippen molar-refractivity contribution in [2.75, 3.05) is 18.5 Å². The normalized spacial score (nSPS) is 19.0. The average Bonchev–Trinajstić information content (AvgIpc) is 3.14. The number of amides is 1. The molecule has 1 fully saturated rings. The van der Waals surface area contributed by atoms with Crippen molar-refractivity contribution in [1.82, 2.24) is 10.3 Å². The fourth-order valence-corrected chi connectivity index (χ4v) is 3.59. The molecule has 1 aromatic carbocycles. The minimum Gasteiger partial charge on any atom is -0.466 e. The molecule has 1 saturated heterocycles. The summed E-state index contributed by atoms with van der Waals surface area (Å²) in [6, 6.07) is 8.97. The van der Waals surface area contributed by atoms with Crippen LogP contribution < -0.4 is 10.6 Å². The second-order valence-electron chi connectivity index (χ2n) is 6.53. The molecule has 0 saturated carbocycles. The van der Waals surface area contributed by atoms with Gasteiger partial charge in [0, 0.05) is 18.3 Å². The summed E-state index contributed by atoms with van der Waals surface area (Å²) in [5.74, 6) is -0.810. The molecule has 2 aromatic rings. The summed E-state index contributed by atoms with van der Waals surface area (Å²) in [6.45, 7) is 2.66. The van der Waals surface area contributed by atoms with Gasteiger partial charge in [-0.25, -0.2) is 4.98 Å². The van der Waals surface area contributed by atoms with E-state index in [0.29, 0.717) is 24.0 Å². The number of thiazole rings is 1. The van der Waals surface area contributed by atoms with E-state index >= 15 is 0 Å². The molecule has 8 nitrogen and oxygen atoms in total. The smallest absolute Gasteiger partial charge is 0.311 e. The van der Waals surface area contributed by atoms with Crippen LogP contribution >= 0.6 is 11.3 Å². The van der Waals surface area contributed by atoms with Gasteiger partial charge in [-0.3, -0.25) is 14.4 Å². The summed E-state index contributed by atoms with van der Waals surface area (Å²) in [6.07, 6.45) is -0.469. The maximum absolute atomic E-state index is 12.4. The number of nitrogens with one attached hydrogen (secondary N) is 2. The molecule has 2 heterocycles. The van der Waals surface area contributed by atoms with Crippen molar-refractivity contribution >= 4 is 34.1 Å². The third-order valence-corrected chi connectivity index (χ3v) is 5.14. The fourth-order valence-electron chi connectivity index (χ4n) is 2.87. The summed E-state index contributed by atoms with van der Waals surface area (Å²) in [5, 5.41) is 7.82. The number of carbonyl (C=O) groups is 3. The number of esters is 1. The Bertz CT molecular complexity index is 855. The SMILES string of the molecule is CCOC(=O)Cc1csc(NC(=O)C2CC(=O)C(OCc3ccccc3)CN2)n1. The Kier molecular flexibility index (Phi) is 7.45. The quantitative estimate of drug-likeness (QED) is 0.630. The van der Waals surface area contributed by atoms with Crippen molar-refractivity contribution in [2.45, 2.75) is 38.5 Å². The summed E-state index contributed by atoms with van der Waals surface area (Å²) >= 11 is 1.22. The lowest BCUT2D eigenvalue weighted by atomic mass is 10.0. The first-order valence-electron chi connectivity index (χ1n) is 9.37. The van der Waals surface area contributed by atoms with Gasteiger partial charge in [0.25, 0.3) is 0 Å². The van der Waals surface area contributed by atoms with E-state index in [1.807, 2.05) is 30.3 Å². The molecule has 1 amide bonds. The minimum absolute atomic E-state index is 0.0480. The second kappa shape index (κ2) is 10.2. The molecule has 0 spiro atoms. The zero-order chi connectivity index (χ0) is 20.6. The molecule has 2 N–H and O–H groups in total. The highest BCUT2D eigenvalue weighted by atomic mass is 32.1. The van der Waals surface area contributed by atoms with Crippen molar-refractivity contribution in [1.29, 1.82) is 0 Å². The van der Waals surface area contributed by atoms with E-state index in [1.54, 1.807) is 12.3 Å². The van der Waals surface area contributed by atoms with Crippen LogP contribution in [0.3, 0.4) is 0 Å². The molecule has 0 bridgehead atoms. The topological polar surface area (TPSA) is 107 Å². The molecule has 1 aromatic heterocycles. The van der Waals surface area contributed by atoms with Crippen molar-refractivity contribution in [3.63, 3.8) is 0 Å². The number of piperidine rings is 1. The lowest BCUT2D eigenvalue weighted by Crippen LogP contribution is -2.53. The summed E-state index contributed by atoms with van der Waals surface area (Å²) < 4.78 is 10.6. The molecule has 154 valence electrons. The predicted molar refractivity (Wildman–Crippen MR) is 108 cm³/mol. The number of nitrogens with zero attached hydrogens (tertiary/aromatic N) is 1. The van der Waals surface area contributed by atoms with Crippen LogP contribution in [0.5, 0.6) is 0 Å². The van der Waals surface area contributed by atoms with Crippen LogP contribution in [0.15, 0.2) is 35.7 Å². The zero-order valence-electron chi connectivity index (χ0n) is 16.1. The molecule has 9 heteroatoms. The number of Topliss-reactive ketones (excluding diaryl/α,β-unsaturated/α-hetero) is 1. The summed E-state index contributed by atoms with van der Waals surface area (Å²) in [5.41, 5.74) is 1.52. The van der Waals surface area contributed by atoms with Gasteiger partial charge in [0.1, 0.15) is 6.10 Å². The second-order valence-corrected chi connectivity index (χ2v) is 7.39. The first-order valence-corrected chi connectivity index (χ1v) is 10.3. The highest BCUT2D eigenvalue weighted by molar-refractivity contribution is 7.13. The number of hydrogen-bond acceptors (Lipinski definition) is 8. The van der Waals surface area contributed by atoms with Crippen LogP contribution in [-0.2, 0) is 36.9 Å². The number of aromatic nitrogens is 1. The molecule has 2 unspecified atom stereocenters. The van der Waals surface area contributed by atoms with Gasteiger partial charge in [-0.15, -0.1) is 11.3 Å². The van der Waals surface area contributed by atoms with Gasteiger partial charge in [0.2, 0.25) is 5.91 Å².